The third kappa shape index (κ3) is 3.04. The predicted molar refractivity (Wildman–Crippen MR) is 77.6 cm³/mol. The number of nitrogens with two attached hydrogens (primary N) is 1. The molecule has 0 saturated carbocycles. The second-order valence-corrected chi connectivity index (χ2v) is 7.33. The molecule has 106 valence electrons. The fourth-order valence-electron chi connectivity index (χ4n) is 2.55. The molecule has 1 unspecified atom stereocenters. The van der Waals surface area contributed by atoms with Crippen LogP contribution in [0.2, 0.25) is 5.02 Å². The van der Waals surface area contributed by atoms with Crippen LogP contribution in [0.5, 0.6) is 0 Å². The van der Waals surface area contributed by atoms with Gasteiger partial charge in [-0.15, -0.1) is 0 Å². The van der Waals surface area contributed by atoms with E-state index in [1.165, 1.54) is 16.4 Å². The highest BCUT2D eigenvalue weighted by Gasteiger charge is 2.33. The van der Waals surface area contributed by atoms with Crippen LogP contribution >= 0.6 is 11.6 Å². The van der Waals surface area contributed by atoms with Gasteiger partial charge in [-0.1, -0.05) is 24.9 Å². The molecule has 4 nitrogen and oxygen atoms in total. The van der Waals surface area contributed by atoms with Crippen LogP contribution in [0.25, 0.3) is 0 Å². The molecule has 2 N–H and O–H groups in total. The molecule has 1 aliphatic heterocycles. The van der Waals surface area contributed by atoms with E-state index in [2.05, 4.69) is 6.92 Å². The highest BCUT2D eigenvalue weighted by molar-refractivity contribution is 7.89. The van der Waals surface area contributed by atoms with Crippen LogP contribution in [0.3, 0.4) is 0 Å². The lowest BCUT2D eigenvalue weighted by atomic mass is 10.0. The Hall–Kier alpha value is -0.780. The zero-order chi connectivity index (χ0) is 14.0. The molecule has 6 heteroatoms. The number of halogens is 1. The summed E-state index contributed by atoms with van der Waals surface area (Å²) in [5, 5.41) is 0.446. The van der Waals surface area contributed by atoms with E-state index in [1.807, 2.05) is 0 Å². The van der Waals surface area contributed by atoms with Crippen molar-refractivity contribution < 1.29 is 8.42 Å². The van der Waals surface area contributed by atoms with Gasteiger partial charge >= 0.3 is 0 Å². The van der Waals surface area contributed by atoms with Gasteiger partial charge in [0.25, 0.3) is 0 Å². The highest BCUT2D eigenvalue weighted by Crippen LogP contribution is 2.30. The van der Waals surface area contributed by atoms with Gasteiger partial charge < -0.3 is 5.73 Å². The van der Waals surface area contributed by atoms with Gasteiger partial charge in [0, 0.05) is 18.1 Å². The summed E-state index contributed by atoms with van der Waals surface area (Å²) in [6.45, 7) is 3.29. The zero-order valence-electron chi connectivity index (χ0n) is 11.0. The maximum atomic E-state index is 12.5. The van der Waals surface area contributed by atoms with E-state index in [9.17, 15) is 8.42 Å². The van der Waals surface area contributed by atoms with Gasteiger partial charge in [-0.25, -0.2) is 8.42 Å². The first-order chi connectivity index (χ1) is 8.95. The first-order valence-corrected chi connectivity index (χ1v) is 8.32. The maximum Gasteiger partial charge on any atom is 0.245 e. The standard InChI is InChI=1S/C13H19ClN2O2S/c1-2-3-10-6-7-16(9-10)19(17,18)13-5-4-11(14)8-12(13)15/h4-5,8,10H,2-3,6-7,9,15H2,1H3. The topological polar surface area (TPSA) is 63.4 Å². The molecular weight excluding hydrogens is 284 g/mol. The smallest absolute Gasteiger partial charge is 0.245 e. The SMILES string of the molecule is CCCC1CCN(S(=O)(=O)c2ccc(Cl)cc2N)C1. The minimum Gasteiger partial charge on any atom is -0.398 e. The summed E-state index contributed by atoms with van der Waals surface area (Å²) in [7, 11) is -3.49. The number of nitrogens with zero attached hydrogens (tertiary/aromatic N) is 1. The Bertz CT molecular complexity index is 560. The molecule has 2 rings (SSSR count). The van der Waals surface area contributed by atoms with Crippen molar-refractivity contribution in [3.8, 4) is 0 Å². The minimum atomic E-state index is -3.49. The molecule has 1 fully saturated rings. The van der Waals surface area contributed by atoms with E-state index in [4.69, 9.17) is 17.3 Å². The average molecular weight is 303 g/mol. The fourth-order valence-corrected chi connectivity index (χ4v) is 4.36. The Morgan fingerprint density at radius 2 is 2.21 bits per heavy atom. The molecule has 0 spiro atoms. The van der Waals surface area contributed by atoms with Crippen molar-refractivity contribution in [2.45, 2.75) is 31.1 Å². The van der Waals surface area contributed by atoms with Gasteiger partial charge in [0.15, 0.2) is 0 Å². The van der Waals surface area contributed by atoms with Crippen LogP contribution in [0.1, 0.15) is 26.2 Å². The molecule has 0 aromatic heterocycles. The molecule has 1 atom stereocenters. The van der Waals surface area contributed by atoms with Crippen LogP contribution in [-0.4, -0.2) is 25.8 Å². The number of nitrogen functional groups attached to an aromatic ring is 1. The summed E-state index contributed by atoms with van der Waals surface area (Å²) in [5.41, 5.74) is 5.99. The molecule has 19 heavy (non-hydrogen) atoms. The summed E-state index contributed by atoms with van der Waals surface area (Å²) in [5.74, 6) is 0.466. The third-order valence-electron chi connectivity index (χ3n) is 3.54. The molecule has 1 saturated heterocycles. The van der Waals surface area contributed by atoms with Gasteiger partial charge in [-0.2, -0.15) is 4.31 Å². The average Bonchev–Trinajstić information content (AvgIpc) is 2.78. The molecule has 0 aliphatic carbocycles. The Balaban J connectivity index is 2.23. The van der Waals surface area contributed by atoms with Crippen molar-refractivity contribution in [3.63, 3.8) is 0 Å². The normalized spacial score (nSPS) is 20.8. The van der Waals surface area contributed by atoms with Crippen molar-refractivity contribution in [2.75, 3.05) is 18.8 Å². The molecule has 0 amide bonds. The van der Waals surface area contributed by atoms with Crippen molar-refractivity contribution >= 4 is 27.3 Å². The van der Waals surface area contributed by atoms with Crippen LogP contribution in [-0.2, 0) is 10.0 Å². The van der Waals surface area contributed by atoms with Crippen LogP contribution in [0.15, 0.2) is 23.1 Å². The van der Waals surface area contributed by atoms with E-state index in [0.29, 0.717) is 24.0 Å². The van der Waals surface area contributed by atoms with E-state index >= 15 is 0 Å². The lowest BCUT2D eigenvalue weighted by Crippen LogP contribution is -2.29. The third-order valence-corrected chi connectivity index (χ3v) is 5.71. The van der Waals surface area contributed by atoms with Crippen LogP contribution in [0.4, 0.5) is 5.69 Å². The number of anilines is 1. The van der Waals surface area contributed by atoms with Crippen LogP contribution < -0.4 is 5.73 Å². The number of hydrogen-bond acceptors (Lipinski definition) is 3. The summed E-state index contributed by atoms with van der Waals surface area (Å²) >= 11 is 5.80. The molecular formula is C13H19ClN2O2S. The first-order valence-electron chi connectivity index (χ1n) is 6.50. The lowest BCUT2D eigenvalue weighted by molar-refractivity contribution is 0.445. The number of sulfonamides is 1. The van der Waals surface area contributed by atoms with E-state index < -0.39 is 10.0 Å². The number of rotatable bonds is 4. The highest BCUT2D eigenvalue weighted by atomic mass is 35.5. The van der Waals surface area contributed by atoms with Crippen molar-refractivity contribution in [3.05, 3.63) is 23.2 Å². The summed E-state index contributed by atoms with van der Waals surface area (Å²) in [4.78, 5) is 0.161. The fraction of sp³-hybridized carbons (Fsp3) is 0.538. The Morgan fingerprint density at radius 1 is 1.47 bits per heavy atom. The summed E-state index contributed by atoms with van der Waals surface area (Å²) < 4.78 is 26.6. The van der Waals surface area contributed by atoms with Gasteiger partial charge in [0.2, 0.25) is 10.0 Å². The monoisotopic (exact) mass is 302 g/mol. The molecule has 1 aliphatic rings. The number of benzene rings is 1. The van der Waals surface area contributed by atoms with Crippen molar-refractivity contribution in [1.29, 1.82) is 0 Å². The Kier molecular flexibility index (Phi) is 4.38. The minimum absolute atomic E-state index is 0.161. The summed E-state index contributed by atoms with van der Waals surface area (Å²) in [6, 6.07) is 4.53. The quantitative estimate of drug-likeness (QED) is 0.870. The largest absolute Gasteiger partial charge is 0.398 e. The second kappa shape index (κ2) is 5.69. The van der Waals surface area contributed by atoms with E-state index in [1.54, 1.807) is 6.07 Å². The summed E-state index contributed by atoms with van der Waals surface area (Å²) in [6.07, 6.45) is 3.09. The lowest BCUT2D eigenvalue weighted by Gasteiger charge is -2.18. The van der Waals surface area contributed by atoms with Crippen LogP contribution in [0, 0.1) is 5.92 Å². The predicted octanol–water partition coefficient (Wildman–Crippen LogP) is 2.73. The van der Waals surface area contributed by atoms with Gasteiger partial charge in [0.05, 0.1) is 5.69 Å². The Morgan fingerprint density at radius 3 is 2.84 bits per heavy atom. The number of hydrogen-bond donors (Lipinski definition) is 1. The Labute approximate surface area is 119 Å². The van der Waals surface area contributed by atoms with Crippen molar-refractivity contribution in [2.24, 2.45) is 5.92 Å². The molecule has 1 heterocycles. The molecule has 1 aromatic carbocycles. The van der Waals surface area contributed by atoms with E-state index in [-0.39, 0.29) is 10.6 Å². The maximum absolute atomic E-state index is 12.5. The van der Waals surface area contributed by atoms with Gasteiger partial charge in [-0.05, 0) is 37.0 Å². The second-order valence-electron chi connectivity index (χ2n) is 4.99. The zero-order valence-corrected chi connectivity index (χ0v) is 12.5. The molecule has 1 aromatic rings. The van der Waals surface area contributed by atoms with Crippen molar-refractivity contribution in [1.82, 2.24) is 4.31 Å². The van der Waals surface area contributed by atoms with Gasteiger partial charge in [-0.3, -0.25) is 0 Å². The first kappa shape index (κ1) is 14.6. The molecule has 0 radical (unpaired) electrons. The van der Waals surface area contributed by atoms with E-state index in [0.717, 1.165) is 19.3 Å². The van der Waals surface area contributed by atoms with Gasteiger partial charge in [0.1, 0.15) is 4.90 Å². The molecule has 0 bridgehead atoms.